The fraction of sp³-hybridized carbons (Fsp3) is 1.00. The Morgan fingerprint density at radius 2 is 1.72 bits per heavy atom. The second-order valence-electron chi connectivity index (χ2n) is 6.57. The van der Waals surface area contributed by atoms with Gasteiger partial charge < -0.3 is 5.32 Å². The van der Waals surface area contributed by atoms with Crippen LogP contribution >= 0.6 is 0 Å². The summed E-state index contributed by atoms with van der Waals surface area (Å²) >= 11 is 0. The van der Waals surface area contributed by atoms with Gasteiger partial charge in [0.15, 0.2) is 0 Å². The molecule has 0 spiro atoms. The zero-order valence-corrected chi connectivity index (χ0v) is 12.5. The normalized spacial score (nSPS) is 25.1. The summed E-state index contributed by atoms with van der Waals surface area (Å²) in [6.45, 7) is 11.4. The fourth-order valence-corrected chi connectivity index (χ4v) is 4.64. The van der Waals surface area contributed by atoms with Gasteiger partial charge >= 0.3 is 0 Å². The molecule has 0 aliphatic carbocycles. The lowest BCUT2D eigenvalue weighted by Gasteiger charge is -2.46. The first-order chi connectivity index (χ1) is 8.28. The van der Waals surface area contributed by atoms with Crippen molar-refractivity contribution in [3.8, 4) is 0 Å². The van der Waals surface area contributed by atoms with Crippen LogP contribution in [0.5, 0.6) is 0 Å². The maximum absolute atomic E-state index is 12.2. The lowest BCUT2D eigenvalue weighted by Crippen LogP contribution is -2.64. The van der Waals surface area contributed by atoms with Crippen LogP contribution in [0.25, 0.3) is 0 Å². The number of sulfonamides is 1. The molecule has 1 N–H and O–H groups in total. The average molecular weight is 275 g/mol. The summed E-state index contributed by atoms with van der Waals surface area (Å²) in [7, 11) is -3.06. The molecule has 0 amide bonds. The van der Waals surface area contributed by atoms with Crippen molar-refractivity contribution in [1.82, 2.24) is 14.5 Å². The molecule has 6 heteroatoms. The van der Waals surface area contributed by atoms with Gasteiger partial charge in [-0.3, -0.25) is 4.90 Å². The second-order valence-corrected chi connectivity index (χ2v) is 8.54. The monoisotopic (exact) mass is 275 g/mol. The van der Waals surface area contributed by atoms with Gasteiger partial charge in [0.2, 0.25) is 10.0 Å². The molecule has 0 radical (unpaired) electrons. The Morgan fingerprint density at radius 3 is 2.22 bits per heavy atom. The van der Waals surface area contributed by atoms with E-state index in [1.807, 2.05) is 20.8 Å². The van der Waals surface area contributed by atoms with E-state index in [4.69, 9.17) is 0 Å². The minimum Gasteiger partial charge on any atom is -0.314 e. The topological polar surface area (TPSA) is 52.7 Å². The summed E-state index contributed by atoms with van der Waals surface area (Å²) in [4.78, 5) is 2.40. The molecule has 2 rings (SSSR count). The van der Waals surface area contributed by atoms with Gasteiger partial charge in [0, 0.05) is 45.3 Å². The minimum absolute atomic E-state index is 0.168. The van der Waals surface area contributed by atoms with Crippen LogP contribution in [0.4, 0.5) is 0 Å². The zero-order valence-electron chi connectivity index (χ0n) is 11.6. The van der Waals surface area contributed by atoms with E-state index in [1.54, 1.807) is 4.31 Å². The summed E-state index contributed by atoms with van der Waals surface area (Å²) in [5.41, 5.74) is -0.168. The van der Waals surface area contributed by atoms with E-state index in [2.05, 4.69) is 10.2 Å². The van der Waals surface area contributed by atoms with Crippen molar-refractivity contribution in [2.75, 3.05) is 45.0 Å². The largest absolute Gasteiger partial charge is 0.314 e. The molecular formula is C12H25N3O2S. The van der Waals surface area contributed by atoms with Crippen LogP contribution < -0.4 is 5.32 Å². The van der Waals surface area contributed by atoms with Crippen LogP contribution in [-0.2, 0) is 10.0 Å². The van der Waals surface area contributed by atoms with Gasteiger partial charge in [-0.2, -0.15) is 4.31 Å². The molecule has 2 fully saturated rings. The van der Waals surface area contributed by atoms with Gasteiger partial charge in [-0.1, -0.05) is 20.8 Å². The van der Waals surface area contributed by atoms with Crippen LogP contribution in [0.2, 0.25) is 0 Å². The number of nitrogens with one attached hydrogen (secondary N) is 1. The number of hydrogen-bond acceptors (Lipinski definition) is 4. The predicted molar refractivity (Wildman–Crippen MR) is 73.0 cm³/mol. The van der Waals surface area contributed by atoms with E-state index in [1.165, 1.54) is 0 Å². The van der Waals surface area contributed by atoms with Gasteiger partial charge in [-0.15, -0.1) is 0 Å². The second kappa shape index (κ2) is 5.07. The Hall–Kier alpha value is -0.170. The first kappa shape index (κ1) is 14.2. The van der Waals surface area contributed by atoms with Crippen LogP contribution in [0.3, 0.4) is 0 Å². The van der Waals surface area contributed by atoms with Crippen molar-refractivity contribution < 1.29 is 8.42 Å². The molecule has 0 bridgehead atoms. The summed E-state index contributed by atoms with van der Waals surface area (Å²) in [6.07, 6.45) is 0. The van der Waals surface area contributed by atoms with Gasteiger partial charge in [-0.25, -0.2) is 8.42 Å². The highest BCUT2D eigenvalue weighted by Crippen LogP contribution is 2.24. The molecule has 2 heterocycles. The summed E-state index contributed by atoms with van der Waals surface area (Å²) in [5.74, 6) is 0.244. The van der Waals surface area contributed by atoms with E-state index in [0.29, 0.717) is 19.1 Å². The molecule has 18 heavy (non-hydrogen) atoms. The molecule has 0 aromatic carbocycles. The molecule has 106 valence electrons. The highest BCUT2D eigenvalue weighted by molar-refractivity contribution is 7.89. The van der Waals surface area contributed by atoms with Crippen molar-refractivity contribution in [3.63, 3.8) is 0 Å². The summed E-state index contributed by atoms with van der Waals surface area (Å²) in [5, 5.41) is 3.32. The Morgan fingerprint density at radius 1 is 1.17 bits per heavy atom. The van der Waals surface area contributed by atoms with Crippen LogP contribution in [0.15, 0.2) is 0 Å². The number of nitrogens with zero attached hydrogens (tertiary/aromatic N) is 2. The van der Waals surface area contributed by atoms with Crippen LogP contribution in [0, 0.1) is 5.41 Å². The SMILES string of the molecule is CC(C)(C)CS(=O)(=O)N1CC(N2CCNCC2)C1. The Bertz CT molecular complexity index is 377. The standard InChI is InChI=1S/C12H25N3O2S/c1-12(2,3)10-18(16,17)15-8-11(9-15)14-6-4-13-5-7-14/h11,13H,4-10H2,1-3H3. The first-order valence-corrected chi connectivity index (χ1v) is 8.31. The molecular weight excluding hydrogens is 250 g/mol. The Balaban J connectivity index is 1.84. The third kappa shape index (κ3) is 3.44. The van der Waals surface area contributed by atoms with Crippen molar-refractivity contribution in [2.45, 2.75) is 26.8 Å². The number of rotatable bonds is 3. The molecule has 5 nitrogen and oxygen atoms in total. The van der Waals surface area contributed by atoms with Crippen molar-refractivity contribution in [2.24, 2.45) is 5.41 Å². The first-order valence-electron chi connectivity index (χ1n) is 6.70. The summed E-state index contributed by atoms with van der Waals surface area (Å²) in [6, 6.07) is 0.432. The van der Waals surface area contributed by atoms with Crippen LogP contribution in [-0.4, -0.2) is 68.7 Å². The third-order valence-electron chi connectivity index (χ3n) is 3.51. The van der Waals surface area contributed by atoms with E-state index in [0.717, 1.165) is 26.2 Å². The van der Waals surface area contributed by atoms with E-state index >= 15 is 0 Å². The van der Waals surface area contributed by atoms with Gasteiger partial charge in [0.05, 0.1) is 5.75 Å². The third-order valence-corrected chi connectivity index (χ3v) is 5.82. The highest BCUT2D eigenvalue weighted by atomic mass is 32.2. The van der Waals surface area contributed by atoms with Crippen molar-refractivity contribution in [3.05, 3.63) is 0 Å². The van der Waals surface area contributed by atoms with Gasteiger partial charge in [0.25, 0.3) is 0 Å². The molecule has 2 aliphatic heterocycles. The minimum atomic E-state index is -3.06. The molecule has 0 atom stereocenters. The Kier molecular flexibility index (Phi) is 4.02. The van der Waals surface area contributed by atoms with Gasteiger partial charge in [0.1, 0.15) is 0 Å². The lowest BCUT2D eigenvalue weighted by molar-refractivity contribution is 0.0768. The Labute approximate surface area is 111 Å². The number of hydrogen-bond donors (Lipinski definition) is 1. The molecule has 2 aliphatic rings. The number of piperazine rings is 1. The quantitative estimate of drug-likeness (QED) is 0.785. The molecule has 0 saturated carbocycles. The highest BCUT2D eigenvalue weighted by Gasteiger charge is 2.40. The maximum atomic E-state index is 12.2. The van der Waals surface area contributed by atoms with E-state index in [-0.39, 0.29) is 11.2 Å². The van der Waals surface area contributed by atoms with Crippen molar-refractivity contribution in [1.29, 1.82) is 0 Å². The van der Waals surface area contributed by atoms with Gasteiger partial charge in [-0.05, 0) is 5.41 Å². The average Bonchev–Trinajstić information content (AvgIpc) is 2.12. The molecule has 2 saturated heterocycles. The predicted octanol–water partition coefficient (Wildman–Crippen LogP) is -0.0483. The molecule has 0 aromatic heterocycles. The fourth-order valence-electron chi connectivity index (χ4n) is 2.56. The lowest BCUT2D eigenvalue weighted by atomic mass is 10.0. The molecule has 0 unspecified atom stereocenters. The van der Waals surface area contributed by atoms with E-state index in [9.17, 15) is 8.42 Å². The van der Waals surface area contributed by atoms with E-state index < -0.39 is 10.0 Å². The van der Waals surface area contributed by atoms with Crippen molar-refractivity contribution >= 4 is 10.0 Å². The van der Waals surface area contributed by atoms with Crippen LogP contribution in [0.1, 0.15) is 20.8 Å². The smallest absolute Gasteiger partial charge is 0.214 e. The maximum Gasteiger partial charge on any atom is 0.214 e. The summed E-state index contributed by atoms with van der Waals surface area (Å²) < 4.78 is 25.9. The molecule has 0 aromatic rings. The zero-order chi connectivity index (χ0) is 13.4.